The third-order valence-electron chi connectivity index (χ3n) is 3.41. The largest absolute Gasteiger partial charge is 0.478 e. The van der Waals surface area contributed by atoms with E-state index >= 15 is 0 Å². The molecule has 110 valence electrons. The minimum absolute atomic E-state index is 0.0325. The molecule has 0 fully saturated rings. The summed E-state index contributed by atoms with van der Waals surface area (Å²) in [7, 11) is 0. The Bertz CT molecular complexity index is 655. The Balaban J connectivity index is 2.25. The molecule has 0 heterocycles. The highest BCUT2D eigenvalue weighted by atomic mass is 19.1. The Morgan fingerprint density at radius 3 is 2.57 bits per heavy atom. The van der Waals surface area contributed by atoms with Crippen LogP contribution >= 0.6 is 0 Å². The summed E-state index contributed by atoms with van der Waals surface area (Å²) in [6.07, 6.45) is 0. The number of carbonyl (C=O) groups is 1. The molecule has 0 spiro atoms. The van der Waals surface area contributed by atoms with Crippen LogP contribution in [0.1, 0.15) is 28.4 Å². The minimum atomic E-state index is -1.12. The van der Waals surface area contributed by atoms with Crippen molar-refractivity contribution in [3.8, 4) is 0 Å². The molecule has 0 aliphatic carbocycles. The molecule has 2 aromatic carbocycles. The molecule has 0 radical (unpaired) electrons. The predicted molar refractivity (Wildman–Crippen MR) is 81.3 cm³/mol. The SMILES string of the molecule is CCN(Cc1ccc(C(=O)O)cc1F)c1cccc(C)c1. The third-order valence-corrected chi connectivity index (χ3v) is 3.41. The molecule has 0 bridgehead atoms. The third kappa shape index (κ3) is 3.60. The number of rotatable bonds is 5. The van der Waals surface area contributed by atoms with Crippen LogP contribution in [0.4, 0.5) is 10.1 Å². The summed E-state index contributed by atoms with van der Waals surface area (Å²) in [5.41, 5.74) is 2.63. The van der Waals surface area contributed by atoms with Crippen LogP contribution in [0.15, 0.2) is 42.5 Å². The molecular weight excluding hydrogens is 269 g/mol. The summed E-state index contributed by atoms with van der Waals surface area (Å²) in [6.45, 7) is 5.17. The average Bonchev–Trinajstić information content (AvgIpc) is 2.45. The van der Waals surface area contributed by atoms with Gasteiger partial charge in [0.05, 0.1) is 5.56 Å². The van der Waals surface area contributed by atoms with Crippen molar-refractivity contribution in [2.24, 2.45) is 0 Å². The van der Waals surface area contributed by atoms with Gasteiger partial charge in [-0.15, -0.1) is 0 Å². The van der Waals surface area contributed by atoms with E-state index in [0.29, 0.717) is 12.1 Å². The van der Waals surface area contributed by atoms with E-state index in [4.69, 9.17) is 5.11 Å². The van der Waals surface area contributed by atoms with Crippen LogP contribution in [-0.4, -0.2) is 17.6 Å². The van der Waals surface area contributed by atoms with Crippen LogP contribution in [-0.2, 0) is 6.54 Å². The fourth-order valence-electron chi connectivity index (χ4n) is 2.22. The number of anilines is 1. The van der Waals surface area contributed by atoms with Crippen molar-refractivity contribution in [3.05, 3.63) is 65.0 Å². The molecule has 0 saturated carbocycles. The summed E-state index contributed by atoms with van der Waals surface area (Å²) in [5.74, 6) is -1.60. The summed E-state index contributed by atoms with van der Waals surface area (Å²) < 4.78 is 14.0. The van der Waals surface area contributed by atoms with E-state index in [9.17, 15) is 9.18 Å². The minimum Gasteiger partial charge on any atom is -0.478 e. The van der Waals surface area contributed by atoms with Gasteiger partial charge >= 0.3 is 5.97 Å². The Morgan fingerprint density at radius 1 is 1.24 bits per heavy atom. The van der Waals surface area contributed by atoms with E-state index in [1.54, 1.807) is 0 Å². The number of nitrogens with zero attached hydrogens (tertiary/aromatic N) is 1. The maximum Gasteiger partial charge on any atom is 0.335 e. The first-order chi connectivity index (χ1) is 10.0. The van der Waals surface area contributed by atoms with E-state index < -0.39 is 11.8 Å². The summed E-state index contributed by atoms with van der Waals surface area (Å²) in [5, 5.41) is 8.86. The quantitative estimate of drug-likeness (QED) is 0.907. The van der Waals surface area contributed by atoms with Crippen LogP contribution in [0.3, 0.4) is 0 Å². The topological polar surface area (TPSA) is 40.5 Å². The summed E-state index contributed by atoms with van der Waals surface area (Å²) >= 11 is 0. The Labute approximate surface area is 123 Å². The lowest BCUT2D eigenvalue weighted by molar-refractivity contribution is 0.0696. The standard InChI is InChI=1S/C17H18FNO2/c1-3-19(15-6-4-5-12(2)9-15)11-14-8-7-13(17(20)21)10-16(14)18/h4-10H,3,11H2,1-2H3,(H,20,21). The summed E-state index contributed by atoms with van der Waals surface area (Å²) in [6, 6.07) is 12.1. The first-order valence-electron chi connectivity index (χ1n) is 6.84. The molecule has 0 aliphatic heterocycles. The number of benzene rings is 2. The lowest BCUT2D eigenvalue weighted by Crippen LogP contribution is -2.22. The fraction of sp³-hybridized carbons (Fsp3) is 0.235. The number of aryl methyl sites for hydroxylation is 1. The molecule has 0 atom stereocenters. The monoisotopic (exact) mass is 287 g/mol. The second-order valence-corrected chi connectivity index (χ2v) is 4.96. The smallest absolute Gasteiger partial charge is 0.335 e. The van der Waals surface area contributed by atoms with Gasteiger partial charge in [-0.1, -0.05) is 18.2 Å². The van der Waals surface area contributed by atoms with Gasteiger partial charge in [-0.25, -0.2) is 9.18 Å². The van der Waals surface area contributed by atoms with Crippen LogP contribution < -0.4 is 4.90 Å². The van der Waals surface area contributed by atoms with Crippen molar-refractivity contribution in [2.45, 2.75) is 20.4 Å². The van der Waals surface area contributed by atoms with E-state index in [0.717, 1.165) is 23.9 Å². The highest BCUT2D eigenvalue weighted by Crippen LogP contribution is 2.20. The van der Waals surface area contributed by atoms with Crippen LogP contribution in [0.25, 0.3) is 0 Å². The van der Waals surface area contributed by atoms with Crippen LogP contribution in [0, 0.1) is 12.7 Å². The van der Waals surface area contributed by atoms with Gasteiger partial charge in [0.2, 0.25) is 0 Å². The molecule has 3 nitrogen and oxygen atoms in total. The average molecular weight is 287 g/mol. The Morgan fingerprint density at radius 2 is 2.00 bits per heavy atom. The van der Waals surface area contributed by atoms with Gasteiger partial charge in [0.1, 0.15) is 5.82 Å². The number of hydrogen-bond donors (Lipinski definition) is 1. The summed E-state index contributed by atoms with van der Waals surface area (Å²) in [4.78, 5) is 12.9. The Kier molecular flexibility index (Phi) is 4.58. The lowest BCUT2D eigenvalue weighted by Gasteiger charge is -2.24. The van der Waals surface area contributed by atoms with Gasteiger partial charge in [-0.05, 0) is 43.7 Å². The van der Waals surface area contributed by atoms with Gasteiger partial charge < -0.3 is 10.0 Å². The molecule has 0 amide bonds. The van der Waals surface area contributed by atoms with Crippen LogP contribution in [0.2, 0.25) is 0 Å². The number of hydrogen-bond acceptors (Lipinski definition) is 2. The van der Waals surface area contributed by atoms with Gasteiger partial charge in [-0.3, -0.25) is 0 Å². The Hall–Kier alpha value is -2.36. The highest BCUT2D eigenvalue weighted by Gasteiger charge is 2.12. The van der Waals surface area contributed by atoms with Crippen molar-refractivity contribution in [3.63, 3.8) is 0 Å². The second-order valence-electron chi connectivity index (χ2n) is 4.96. The van der Waals surface area contributed by atoms with E-state index in [-0.39, 0.29) is 5.56 Å². The number of halogens is 1. The molecule has 0 saturated heterocycles. The zero-order chi connectivity index (χ0) is 15.4. The van der Waals surface area contributed by atoms with Crippen molar-refractivity contribution < 1.29 is 14.3 Å². The zero-order valence-electron chi connectivity index (χ0n) is 12.1. The number of aromatic carboxylic acids is 1. The van der Waals surface area contributed by atoms with E-state index in [1.165, 1.54) is 12.1 Å². The van der Waals surface area contributed by atoms with Gasteiger partial charge in [0.25, 0.3) is 0 Å². The van der Waals surface area contributed by atoms with Gasteiger partial charge in [0.15, 0.2) is 0 Å². The number of carboxylic acids is 1. The normalized spacial score (nSPS) is 10.4. The van der Waals surface area contributed by atoms with Crippen LogP contribution in [0.5, 0.6) is 0 Å². The number of carboxylic acid groups (broad SMARTS) is 1. The molecule has 0 unspecified atom stereocenters. The molecule has 0 aromatic heterocycles. The zero-order valence-corrected chi connectivity index (χ0v) is 12.1. The molecule has 0 aliphatic rings. The maximum absolute atomic E-state index is 14.0. The first-order valence-corrected chi connectivity index (χ1v) is 6.84. The molecule has 21 heavy (non-hydrogen) atoms. The maximum atomic E-state index is 14.0. The van der Waals surface area contributed by atoms with Crippen molar-refractivity contribution in [1.82, 2.24) is 0 Å². The highest BCUT2D eigenvalue weighted by molar-refractivity contribution is 5.87. The van der Waals surface area contributed by atoms with Crippen molar-refractivity contribution in [2.75, 3.05) is 11.4 Å². The predicted octanol–water partition coefficient (Wildman–Crippen LogP) is 3.86. The van der Waals surface area contributed by atoms with E-state index in [1.807, 2.05) is 43.0 Å². The van der Waals surface area contributed by atoms with Gasteiger partial charge in [0, 0.05) is 24.3 Å². The lowest BCUT2D eigenvalue weighted by atomic mass is 10.1. The van der Waals surface area contributed by atoms with Crippen molar-refractivity contribution in [1.29, 1.82) is 0 Å². The fourth-order valence-corrected chi connectivity index (χ4v) is 2.22. The molecule has 1 N–H and O–H groups in total. The first kappa shape index (κ1) is 15.0. The van der Waals surface area contributed by atoms with Gasteiger partial charge in [-0.2, -0.15) is 0 Å². The molecule has 2 aromatic rings. The van der Waals surface area contributed by atoms with Crippen molar-refractivity contribution >= 4 is 11.7 Å². The van der Waals surface area contributed by atoms with E-state index in [2.05, 4.69) is 0 Å². The molecule has 2 rings (SSSR count). The second kappa shape index (κ2) is 6.39. The molecular formula is C17H18FNO2. The molecule has 4 heteroatoms.